The monoisotopic (exact) mass is 340 g/mol. The van der Waals surface area contributed by atoms with E-state index in [2.05, 4.69) is 19.1 Å². The lowest BCUT2D eigenvalue weighted by atomic mass is 9.92. The molecule has 2 fully saturated rings. The van der Waals surface area contributed by atoms with Crippen molar-refractivity contribution in [2.45, 2.75) is 38.1 Å². The quantitative estimate of drug-likeness (QED) is 0.850. The summed E-state index contributed by atoms with van der Waals surface area (Å²) in [5, 5.41) is 0. The van der Waals surface area contributed by atoms with Crippen LogP contribution in [0.1, 0.15) is 24.3 Å². The SMILES string of the molecule is CC1COC2COC(c3ccccc3)O[C@H]2[C@H]1OCc1ccccc1. The molecule has 2 saturated heterocycles. The van der Waals surface area contributed by atoms with E-state index in [1.807, 2.05) is 48.5 Å². The molecule has 0 spiro atoms. The predicted molar refractivity (Wildman–Crippen MR) is 93.9 cm³/mol. The van der Waals surface area contributed by atoms with Crippen LogP contribution in [0.3, 0.4) is 0 Å². The first-order valence-electron chi connectivity index (χ1n) is 8.90. The van der Waals surface area contributed by atoms with Gasteiger partial charge < -0.3 is 18.9 Å². The van der Waals surface area contributed by atoms with Crippen LogP contribution < -0.4 is 0 Å². The molecule has 2 aliphatic rings. The zero-order chi connectivity index (χ0) is 17.1. The van der Waals surface area contributed by atoms with Gasteiger partial charge in [-0.25, -0.2) is 0 Å². The van der Waals surface area contributed by atoms with Crippen molar-refractivity contribution in [3.05, 3.63) is 71.8 Å². The lowest BCUT2D eigenvalue weighted by molar-refractivity contribution is -0.313. The van der Waals surface area contributed by atoms with E-state index in [4.69, 9.17) is 18.9 Å². The Bertz CT molecular complexity index is 660. The molecule has 0 bridgehead atoms. The van der Waals surface area contributed by atoms with E-state index in [1.54, 1.807) is 0 Å². The minimum atomic E-state index is -0.362. The van der Waals surface area contributed by atoms with Crippen LogP contribution in [0.2, 0.25) is 0 Å². The van der Waals surface area contributed by atoms with Gasteiger partial charge in [-0.2, -0.15) is 0 Å². The maximum Gasteiger partial charge on any atom is 0.184 e. The zero-order valence-electron chi connectivity index (χ0n) is 14.4. The molecule has 0 amide bonds. The van der Waals surface area contributed by atoms with Crippen molar-refractivity contribution in [2.75, 3.05) is 13.2 Å². The van der Waals surface area contributed by atoms with Crippen LogP contribution in [0.15, 0.2) is 60.7 Å². The summed E-state index contributed by atoms with van der Waals surface area (Å²) in [6.45, 7) is 3.94. The first-order chi connectivity index (χ1) is 12.3. The third-order valence-corrected chi connectivity index (χ3v) is 4.87. The molecule has 2 aliphatic heterocycles. The molecule has 2 heterocycles. The maximum absolute atomic E-state index is 6.28. The molecule has 132 valence electrons. The number of benzene rings is 2. The van der Waals surface area contributed by atoms with Crippen molar-refractivity contribution in [3.63, 3.8) is 0 Å². The Balaban J connectivity index is 1.47. The van der Waals surface area contributed by atoms with Crippen molar-refractivity contribution < 1.29 is 18.9 Å². The van der Waals surface area contributed by atoms with Gasteiger partial charge in [0.1, 0.15) is 12.2 Å². The van der Waals surface area contributed by atoms with E-state index in [0.717, 1.165) is 5.56 Å². The van der Waals surface area contributed by atoms with Crippen molar-refractivity contribution in [3.8, 4) is 0 Å². The summed E-state index contributed by atoms with van der Waals surface area (Å²) in [6, 6.07) is 20.3. The molecule has 0 saturated carbocycles. The minimum absolute atomic E-state index is 0.00549. The van der Waals surface area contributed by atoms with Crippen molar-refractivity contribution in [2.24, 2.45) is 5.92 Å². The van der Waals surface area contributed by atoms with Crippen molar-refractivity contribution >= 4 is 0 Å². The largest absolute Gasteiger partial charge is 0.373 e. The summed E-state index contributed by atoms with van der Waals surface area (Å²) >= 11 is 0. The normalized spacial score (nSPS) is 32.1. The Hall–Kier alpha value is -1.72. The van der Waals surface area contributed by atoms with Gasteiger partial charge in [-0.05, 0) is 5.56 Å². The second-order valence-electron chi connectivity index (χ2n) is 6.79. The van der Waals surface area contributed by atoms with E-state index in [9.17, 15) is 0 Å². The van der Waals surface area contributed by atoms with Gasteiger partial charge in [-0.15, -0.1) is 0 Å². The van der Waals surface area contributed by atoms with E-state index in [1.165, 1.54) is 5.56 Å². The van der Waals surface area contributed by atoms with E-state index in [0.29, 0.717) is 19.8 Å². The highest BCUT2D eigenvalue weighted by Crippen LogP contribution is 2.35. The average Bonchev–Trinajstić information content (AvgIpc) is 2.68. The van der Waals surface area contributed by atoms with Crippen LogP contribution in [0.4, 0.5) is 0 Å². The fraction of sp³-hybridized carbons (Fsp3) is 0.429. The fourth-order valence-corrected chi connectivity index (χ4v) is 3.48. The van der Waals surface area contributed by atoms with Crippen LogP contribution >= 0.6 is 0 Å². The number of rotatable bonds is 4. The van der Waals surface area contributed by atoms with Gasteiger partial charge in [0, 0.05) is 11.5 Å². The number of fused-ring (bicyclic) bond motifs is 1. The summed E-state index contributed by atoms with van der Waals surface area (Å²) in [5.74, 6) is 0.277. The topological polar surface area (TPSA) is 36.9 Å². The first-order valence-corrected chi connectivity index (χ1v) is 8.90. The highest BCUT2D eigenvalue weighted by Gasteiger charge is 2.44. The minimum Gasteiger partial charge on any atom is -0.373 e. The van der Waals surface area contributed by atoms with Crippen LogP contribution in [-0.2, 0) is 25.6 Å². The predicted octanol–water partition coefficient (Wildman–Crippen LogP) is 3.72. The van der Waals surface area contributed by atoms with Gasteiger partial charge >= 0.3 is 0 Å². The average molecular weight is 340 g/mol. The maximum atomic E-state index is 6.28. The van der Waals surface area contributed by atoms with Gasteiger partial charge in [0.25, 0.3) is 0 Å². The number of ether oxygens (including phenoxy) is 4. The molecule has 4 heteroatoms. The fourth-order valence-electron chi connectivity index (χ4n) is 3.48. The lowest BCUT2D eigenvalue weighted by Gasteiger charge is -2.45. The number of hydrogen-bond acceptors (Lipinski definition) is 4. The van der Waals surface area contributed by atoms with Crippen molar-refractivity contribution in [1.29, 1.82) is 0 Å². The van der Waals surface area contributed by atoms with E-state index in [-0.39, 0.29) is 30.5 Å². The first kappa shape index (κ1) is 16.7. The summed E-state index contributed by atoms with van der Waals surface area (Å²) in [6.07, 6.45) is -0.559. The van der Waals surface area contributed by atoms with Crippen molar-refractivity contribution in [1.82, 2.24) is 0 Å². The Morgan fingerprint density at radius 3 is 2.40 bits per heavy atom. The Morgan fingerprint density at radius 2 is 1.64 bits per heavy atom. The van der Waals surface area contributed by atoms with Gasteiger partial charge in [-0.3, -0.25) is 0 Å². The summed E-state index contributed by atoms with van der Waals surface area (Å²) in [7, 11) is 0. The summed E-state index contributed by atoms with van der Waals surface area (Å²) in [4.78, 5) is 0. The van der Waals surface area contributed by atoms with Crippen LogP contribution in [-0.4, -0.2) is 31.5 Å². The van der Waals surface area contributed by atoms with Crippen LogP contribution in [0.25, 0.3) is 0 Å². The lowest BCUT2D eigenvalue weighted by Crippen LogP contribution is -2.56. The van der Waals surface area contributed by atoms with Gasteiger partial charge in [-0.1, -0.05) is 67.6 Å². The Morgan fingerprint density at radius 1 is 0.920 bits per heavy atom. The molecule has 2 aromatic rings. The smallest absolute Gasteiger partial charge is 0.184 e. The molecule has 0 aliphatic carbocycles. The third-order valence-electron chi connectivity index (χ3n) is 4.87. The van der Waals surface area contributed by atoms with Gasteiger partial charge in [0.2, 0.25) is 0 Å². The zero-order valence-corrected chi connectivity index (χ0v) is 14.4. The molecule has 0 aromatic heterocycles. The highest BCUT2D eigenvalue weighted by molar-refractivity contribution is 5.17. The molecular formula is C21H24O4. The van der Waals surface area contributed by atoms with Gasteiger partial charge in [0.05, 0.1) is 25.9 Å². The highest BCUT2D eigenvalue weighted by atomic mass is 16.7. The molecule has 25 heavy (non-hydrogen) atoms. The van der Waals surface area contributed by atoms with Crippen LogP contribution in [0.5, 0.6) is 0 Å². The second-order valence-corrected chi connectivity index (χ2v) is 6.79. The Labute approximate surface area is 148 Å². The molecule has 2 aromatic carbocycles. The summed E-state index contributed by atoms with van der Waals surface area (Å²) in [5.41, 5.74) is 2.20. The molecule has 3 unspecified atom stereocenters. The molecule has 4 rings (SSSR count). The third kappa shape index (κ3) is 3.77. The number of hydrogen-bond donors (Lipinski definition) is 0. The molecule has 4 nitrogen and oxygen atoms in total. The second kappa shape index (κ2) is 7.67. The molecule has 0 radical (unpaired) electrons. The van der Waals surface area contributed by atoms with Gasteiger partial charge in [0.15, 0.2) is 6.29 Å². The Kier molecular flexibility index (Phi) is 5.13. The van der Waals surface area contributed by atoms with E-state index < -0.39 is 0 Å². The molecule has 0 N–H and O–H groups in total. The van der Waals surface area contributed by atoms with E-state index >= 15 is 0 Å². The van der Waals surface area contributed by atoms with Crippen LogP contribution in [0, 0.1) is 5.92 Å². The molecular weight excluding hydrogens is 316 g/mol. The molecule has 5 atom stereocenters. The summed E-state index contributed by atoms with van der Waals surface area (Å²) < 4.78 is 24.4. The standard InChI is InChI=1S/C21H24O4/c1-15-12-22-18-14-24-21(17-10-6-3-7-11-17)25-20(18)19(15)23-13-16-8-4-2-5-9-16/h2-11,15,18-21H,12-14H2,1H3/t15?,18?,19-,20+,21?/m0/s1.